The van der Waals surface area contributed by atoms with Crippen molar-refractivity contribution in [3.05, 3.63) is 0 Å². The van der Waals surface area contributed by atoms with Crippen LogP contribution in [-0.4, -0.2) is 43.3 Å². The second kappa shape index (κ2) is 8.12. The van der Waals surface area contributed by atoms with E-state index in [1.807, 2.05) is 20.8 Å². The van der Waals surface area contributed by atoms with Crippen molar-refractivity contribution in [1.82, 2.24) is 5.32 Å². The van der Waals surface area contributed by atoms with E-state index in [-0.39, 0.29) is 17.9 Å². The molecule has 0 spiro atoms. The number of carbonyl (C=O) groups excluding carboxylic acids is 1. The maximum atomic E-state index is 11.7. The Bertz CT molecular complexity index is 300. The molecule has 0 heterocycles. The van der Waals surface area contributed by atoms with E-state index in [0.717, 1.165) is 0 Å². The lowest BCUT2D eigenvalue weighted by Crippen LogP contribution is -2.44. The van der Waals surface area contributed by atoms with Gasteiger partial charge in [-0.3, -0.25) is 9.59 Å². The van der Waals surface area contributed by atoms with Crippen molar-refractivity contribution in [3.8, 4) is 0 Å². The largest absolute Gasteiger partial charge is 0.481 e. The molecule has 1 amide bonds. The Morgan fingerprint density at radius 3 is 2.37 bits per heavy atom. The van der Waals surface area contributed by atoms with Gasteiger partial charge in [0, 0.05) is 20.3 Å². The van der Waals surface area contributed by atoms with Gasteiger partial charge < -0.3 is 20.9 Å². The third kappa shape index (κ3) is 8.56. The number of rotatable bonds is 8. The fraction of sp³-hybridized carbons (Fsp3) is 0.846. The van der Waals surface area contributed by atoms with Crippen molar-refractivity contribution in [3.63, 3.8) is 0 Å². The van der Waals surface area contributed by atoms with Crippen LogP contribution in [0.5, 0.6) is 0 Å². The van der Waals surface area contributed by atoms with Crippen LogP contribution in [0.4, 0.5) is 0 Å². The molecule has 112 valence electrons. The number of nitrogens with two attached hydrogens (primary N) is 1. The number of methoxy groups -OCH3 is 1. The number of hydrogen-bond acceptors (Lipinski definition) is 4. The maximum Gasteiger partial charge on any atom is 0.308 e. The SMILES string of the molecule is COCCC(N)C(=O)NCC(CC(C)(C)C)C(=O)O. The molecule has 0 aliphatic carbocycles. The summed E-state index contributed by atoms with van der Waals surface area (Å²) in [6, 6.07) is -0.663. The van der Waals surface area contributed by atoms with E-state index < -0.39 is 17.9 Å². The van der Waals surface area contributed by atoms with Gasteiger partial charge in [0.2, 0.25) is 5.91 Å². The molecule has 0 saturated carbocycles. The van der Waals surface area contributed by atoms with Crippen LogP contribution in [0.3, 0.4) is 0 Å². The Kier molecular flexibility index (Phi) is 7.63. The first-order valence-electron chi connectivity index (χ1n) is 6.42. The summed E-state index contributed by atoms with van der Waals surface area (Å²) in [4.78, 5) is 22.8. The molecule has 0 aliphatic rings. The normalized spacial score (nSPS) is 14.8. The van der Waals surface area contributed by atoms with Crippen molar-refractivity contribution >= 4 is 11.9 Å². The molecule has 0 bridgehead atoms. The Morgan fingerprint density at radius 2 is 1.95 bits per heavy atom. The van der Waals surface area contributed by atoms with Gasteiger partial charge in [-0.1, -0.05) is 20.8 Å². The van der Waals surface area contributed by atoms with Gasteiger partial charge >= 0.3 is 5.97 Å². The Labute approximate surface area is 114 Å². The third-order valence-corrected chi connectivity index (χ3v) is 2.70. The average molecular weight is 274 g/mol. The maximum absolute atomic E-state index is 11.7. The molecule has 0 rings (SSSR count). The number of ether oxygens (including phenoxy) is 1. The van der Waals surface area contributed by atoms with Crippen LogP contribution in [-0.2, 0) is 14.3 Å². The molecule has 0 aromatic carbocycles. The summed E-state index contributed by atoms with van der Waals surface area (Å²) in [7, 11) is 1.54. The van der Waals surface area contributed by atoms with Crippen LogP contribution >= 0.6 is 0 Å². The molecular formula is C13H26N2O4. The number of hydrogen-bond donors (Lipinski definition) is 3. The van der Waals surface area contributed by atoms with E-state index in [2.05, 4.69) is 5.32 Å². The molecule has 6 nitrogen and oxygen atoms in total. The number of carbonyl (C=O) groups is 2. The van der Waals surface area contributed by atoms with E-state index in [0.29, 0.717) is 19.4 Å². The molecule has 2 unspecified atom stereocenters. The molecule has 2 atom stereocenters. The lowest BCUT2D eigenvalue weighted by molar-refractivity contribution is -0.142. The van der Waals surface area contributed by atoms with Crippen molar-refractivity contribution < 1.29 is 19.4 Å². The van der Waals surface area contributed by atoms with Crippen molar-refractivity contribution in [2.75, 3.05) is 20.3 Å². The van der Waals surface area contributed by atoms with Gasteiger partial charge in [0.05, 0.1) is 12.0 Å². The van der Waals surface area contributed by atoms with Crippen LogP contribution in [0.25, 0.3) is 0 Å². The highest BCUT2D eigenvalue weighted by atomic mass is 16.5. The van der Waals surface area contributed by atoms with Gasteiger partial charge in [0.25, 0.3) is 0 Å². The number of amides is 1. The number of carboxylic acid groups (broad SMARTS) is 1. The molecule has 0 aromatic rings. The molecular weight excluding hydrogens is 248 g/mol. The zero-order chi connectivity index (χ0) is 15.1. The molecule has 4 N–H and O–H groups in total. The van der Waals surface area contributed by atoms with Crippen LogP contribution in [0.15, 0.2) is 0 Å². The zero-order valence-electron chi connectivity index (χ0n) is 12.2. The second-order valence-corrected chi connectivity index (χ2v) is 5.93. The zero-order valence-corrected chi connectivity index (χ0v) is 12.2. The fourth-order valence-electron chi connectivity index (χ4n) is 1.72. The van der Waals surface area contributed by atoms with E-state index in [9.17, 15) is 9.59 Å². The van der Waals surface area contributed by atoms with Gasteiger partial charge in [-0.15, -0.1) is 0 Å². The molecule has 0 fully saturated rings. The summed E-state index contributed by atoms with van der Waals surface area (Å²) < 4.78 is 4.84. The highest BCUT2D eigenvalue weighted by Crippen LogP contribution is 2.24. The van der Waals surface area contributed by atoms with E-state index in [4.69, 9.17) is 15.6 Å². The van der Waals surface area contributed by atoms with Gasteiger partial charge in [0.1, 0.15) is 0 Å². The fourth-order valence-corrected chi connectivity index (χ4v) is 1.72. The van der Waals surface area contributed by atoms with Crippen molar-refractivity contribution in [2.45, 2.75) is 39.7 Å². The van der Waals surface area contributed by atoms with E-state index in [1.165, 1.54) is 7.11 Å². The van der Waals surface area contributed by atoms with Gasteiger partial charge in [-0.2, -0.15) is 0 Å². The first kappa shape index (κ1) is 17.9. The number of carboxylic acids is 1. The summed E-state index contributed by atoms with van der Waals surface area (Å²) in [5, 5.41) is 11.7. The van der Waals surface area contributed by atoms with E-state index >= 15 is 0 Å². The lowest BCUT2D eigenvalue weighted by atomic mass is 9.84. The van der Waals surface area contributed by atoms with E-state index in [1.54, 1.807) is 0 Å². The molecule has 6 heteroatoms. The standard InChI is InChI=1S/C13H26N2O4/c1-13(2,3)7-9(12(17)18)8-15-11(16)10(14)5-6-19-4/h9-10H,5-8,14H2,1-4H3,(H,15,16)(H,17,18). The molecule has 0 aliphatic heterocycles. The van der Waals surface area contributed by atoms with Crippen LogP contribution in [0.1, 0.15) is 33.6 Å². The molecule has 0 radical (unpaired) electrons. The summed E-state index contributed by atoms with van der Waals surface area (Å²) in [5.74, 6) is -1.84. The van der Waals surface area contributed by atoms with Gasteiger partial charge in [0.15, 0.2) is 0 Å². The first-order chi connectivity index (χ1) is 8.67. The summed E-state index contributed by atoms with van der Waals surface area (Å²) in [6.07, 6.45) is 0.912. The highest BCUT2D eigenvalue weighted by molar-refractivity contribution is 5.82. The van der Waals surface area contributed by atoms with Gasteiger partial charge in [-0.05, 0) is 18.3 Å². The average Bonchev–Trinajstić information content (AvgIpc) is 2.29. The Hall–Kier alpha value is -1.14. The Balaban J connectivity index is 4.25. The first-order valence-corrected chi connectivity index (χ1v) is 6.42. The van der Waals surface area contributed by atoms with Crippen LogP contribution < -0.4 is 11.1 Å². The smallest absolute Gasteiger partial charge is 0.308 e. The van der Waals surface area contributed by atoms with Crippen molar-refractivity contribution in [1.29, 1.82) is 0 Å². The minimum absolute atomic E-state index is 0.103. The predicted molar refractivity (Wildman–Crippen MR) is 72.7 cm³/mol. The number of aliphatic carboxylic acids is 1. The summed E-state index contributed by atoms with van der Waals surface area (Å²) >= 11 is 0. The highest BCUT2D eigenvalue weighted by Gasteiger charge is 2.25. The second-order valence-electron chi connectivity index (χ2n) is 5.93. The lowest BCUT2D eigenvalue weighted by Gasteiger charge is -2.24. The monoisotopic (exact) mass is 274 g/mol. The minimum Gasteiger partial charge on any atom is -0.481 e. The third-order valence-electron chi connectivity index (χ3n) is 2.70. The topological polar surface area (TPSA) is 102 Å². The van der Waals surface area contributed by atoms with Crippen LogP contribution in [0, 0.1) is 11.3 Å². The minimum atomic E-state index is -0.902. The number of nitrogens with one attached hydrogen (secondary N) is 1. The molecule has 0 aromatic heterocycles. The Morgan fingerprint density at radius 1 is 1.37 bits per heavy atom. The molecule has 19 heavy (non-hydrogen) atoms. The predicted octanol–water partition coefficient (Wildman–Crippen LogP) is 0.603. The van der Waals surface area contributed by atoms with Crippen molar-refractivity contribution in [2.24, 2.45) is 17.1 Å². The molecule has 0 saturated heterocycles. The summed E-state index contributed by atoms with van der Waals surface area (Å²) in [5.41, 5.74) is 5.55. The van der Waals surface area contributed by atoms with Crippen LogP contribution in [0.2, 0.25) is 0 Å². The summed E-state index contributed by atoms with van der Waals surface area (Å²) in [6.45, 7) is 6.41. The quantitative estimate of drug-likeness (QED) is 0.601. The van der Waals surface area contributed by atoms with Gasteiger partial charge in [-0.25, -0.2) is 0 Å².